The Morgan fingerprint density at radius 3 is 2.77 bits per heavy atom. The standard InChI is InChI=1S/C16H23ClN4O/c1-12-6-10-21(11-7-12)16(18)20-9-8-19-15(22)13-4-2-3-5-14(13)17/h2-5,12H,6-11H2,1H3,(H2,18,20)(H,19,22). The van der Waals surface area contributed by atoms with E-state index in [1.54, 1.807) is 24.3 Å². The second-order valence-electron chi connectivity index (χ2n) is 5.65. The third-order valence-electron chi connectivity index (χ3n) is 3.90. The normalized spacial score (nSPS) is 16.6. The SMILES string of the molecule is CC1CCN(C(N)=NCCNC(=O)c2ccccc2Cl)CC1. The van der Waals surface area contributed by atoms with Gasteiger partial charge >= 0.3 is 0 Å². The minimum atomic E-state index is -0.189. The molecule has 0 aliphatic carbocycles. The second kappa shape index (κ2) is 8.03. The Bertz CT molecular complexity index is 539. The molecule has 0 unspecified atom stereocenters. The summed E-state index contributed by atoms with van der Waals surface area (Å²) in [6, 6.07) is 6.98. The fourth-order valence-electron chi connectivity index (χ4n) is 2.42. The number of hydrogen-bond acceptors (Lipinski definition) is 2. The minimum absolute atomic E-state index is 0.189. The molecule has 5 nitrogen and oxygen atoms in total. The lowest BCUT2D eigenvalue weighted by molar-refractivity contribution is 0.0955. The molecular formula is C16H23ClN4O. The molecule has 1 aliphatic heterocycles. The Balaban J connectivity index is 1.75. The number of piperidine rings is 1. The Labute approximate surface area is 136 Å². The van der Waals surface area contributed by atoms with E-state index in [4.69, 9.17) is 17.3 Å². The summed E-state index contributed by atoms with van der Waals surface area (Å²) in [4.78, 5) is 18.4. The maximum absolute atomic E-state index is 12.0. The molecule has 0 radical (unpaired) electrons. The highest BCUT2D eigenvalue weighted by atomic mass is 35.5. The van der Waals surface area contributed by atoms with Crippen LogP contribution in [0.2, 0.25) is 5.02 Å². The largest absolute Gasteiger partial charge is 0.370 e. The third-order valence-corrected chi connectivity index (χ3v) is 4.23. The average molecular weight is 323 g/mol. The molecule has 0 bridgehead atoms. The number of guanidine groups is 1. The van der Waals surface area contributed by atoms with Gasteiger partial charge in [0.25, 0.3) is 5.91 Å². The molecule has 3 N–H and O–H groups in total. The summed E-state index contributed by atoms with van der Waals surface area (Å²) in [6.07, 6.45) is 2.30. The number of aliphatic imine (C=N–C) groups is 1. The van der Waals surface area contributed by atoms with E-state index in [9.17, 15) is 4.79 Å². The van der Waals surface area contributed by atoms with Gasteiger partial charge in [0.05, 0.1) is 17.1 Å². The lowest BCUT2D eigenvalue weighted by Crippen LogP contribution is -2.42. The second-order valence-corrected chi connectivity index (χ2v) is 6.05. The van der Waals surface area contributed by atoms with E-state index in [2.05, 4.69) is 22.1 Å². The van der Waals surface area contributed by atoms with Crippen molar-refractivity contribution in [2.24, 2.45) is 16.6 Å². The minimum Gasteiger partial charge on any atom is -0.370 e. The number of halogens is 1. The summed E-state index contributed by atoms with van der Waals surface area (Å²) < 4.78 is 0. The summed E-state index contributed by atoms with van der Waals surface area (Å²) in [5.74, 6) is 1.14. The molecule has 2 rings (SSSR count). The van der Waals surface area contributed by atoms with Gasteiger partial charge in [-0.3, -0.25) is 9.79 Å². The number of nitrogens with one attached hydrogen (secondary N) is 1. The fourth-order valence-corrected chi connectivity index (χ4v) is 2.64. The third kappa shape index (κ3) is 4.63. The molecule has 0 spiro atoms. The van der Waals surface area contributed by atoms with Crippen molar-refractivity contribution in [3.05, 3.63) is 34.9 Å². The lowest BCUT2D eigenvalue weighted by atomic mass is 10.00. The van der Waals surface area contributed by atoms with Crippen LogP contribution in [0.5, 0.6) is 0 Å². The Kier molecular flexibility index (Phi) is 6.07. The van der Waals surface area contributed by atoms with Crippen molar-refractivity contribution in [1.29, 1.82) is 0 Å². The zero-order valence-electron chi connectivity index (χ0n) is 12.9. The number of carbonyl (C=O) groups is 1. The van der Waals surface area contributed by atoms with E-state index >= 15 is 0 Å². The smallest absolute Gasteiger partial charge is 0.252 e. The van der Waals surface area contributed by atoms with Gasteiger partial charge in [0, 0.05) is 19.6 Å². The summed E-state index contributed by atoms with van der Waals surface area (Å²) in [6.45, 7) is 5.09. The van der Waals surface area contributed by atoms with E-state index in [1.807, 2.05) is 0 Å². The average Bonchev–Trinajstić information content (AvgIpc) is 2.52. The van der Waals surface area contributed by atoms with Crippen LogP contribution >= 0.6 is 11.6 Å². The zero-order chi connectivity index (χ0) is 15.9. The highest BCUT2D eigenvalue weighted by Crippen LogP contribution is 2.15. The summed E-state index contributed by atoms with van der Waals surface area (Å²) in [5, 5.41) is 3.25. The summed E-state index contributed by atoms with van der Waals surface area (Å²) >= 11 is 5.98. The first-order valence-electron chi connectivity index (χ1n) is 7.65. The number of likely N-dealkylation sites (tertiary alicyclic amines) is 1. The highest BCUT2D eigenvalue weighted by molar-refractivity contribution is 6.33. The molecule has 1 fully saturated rings. The van der Waals surface area contributed by atoms with Crippen LogP contribution in [0, 0.1) is 5.92 Å². The number of nitrogens with zero attached hydrogens (tertiary/aromatic N) is 2. The van der Waals surface area contributed by atoms with Crippen molar-refractivity contribution in [3.63, 3.8) is 0 Å². The molecule has 0 aromatic heterocycles. The van der Waals surface area contributed by atoms with Gasteiger partial charge in [0.1, 0.15) is 0 Å². The van der Waals surface area contributed by atoms with Crippen LogP contribution in [0.3, 0.4) is 0 Å². The monoisotopic (exact) mass is 322 g/mol. The number of amides is 1. The van der Waals surface area contributed by atoms with Crippen LogP contribution in [-0.4, -0.2) is 42.9 Å². The number of nitrogens with two attached hydrogens (primary N) is 1. The van der Waals surface area contributed by atoms with Crippen molar-refractivity contribution >= 4 is 23.5 Å². The number of carbonyl (C=O) groups excluding carboxylic acids is 1. The molecule has 0 saturated carbocycles. The first-order chi connectivity index (χ1) is 10.6. The van der Waals surface area contributed by atoms with Crippen LogP contribution in [0.15, 0.2) is 29.3 Å². The predicted molar refractivity (Wildman–Crippen MR) is 90.2 cm³/mol. The predicted octanol–water partition coefficient (Wildman–Crippen LogP) is 2.12. The first kappa shape index (κ1) is 16.6. The van der Waals surface area contributed by atoms with E-state index in [0.717, 1.165) is 31.8 Å². The molecule has 1 aliphatic rings. The molecule has 6 heteroatoms. The molecule has 1 aromatic rings. The van der Waals surface area contributed by atoms with Gasteiger partial charge in [0.15, 0.2) is 5.96 Å². The lowest BCUT2D eigenvalue weighted by Gasteiger charge is -2.31. The first-order valence-corrected chi connectivity index (χ1v) is 8.03. The van der Waals surface area contributed by atoms with Gasteiger partial charge in [-0.1, -0.05) is 30.7 Å². The van der Waals surface area contributed by atoms with Crippen molar-refractivity contribution in [1.82, 2.24) is 10.2 Å². The van der Waals surface area contributed by atoms with Crippen molar-refractivity contribution in [2.45, 2.75) is 19.8 Å². The number of benzene rings is 1. The van der Waals surface area contributed by atoms with Crippen molar-refractivity contribution in [3.8, 4) is 0 Å². The highest BCUT2D eigenvalue weighted by Gasteiger charge is 2.16. The van der Waals surface area contributed by atoms with Crippen LogP contribution in [0.25, 0.3) is 0 Å². The van der Waals surface area contributed by atoms with E-state index in [-0.39, 0.29) is 5.91 Å². The van der Waals surface area contributed by atoms with E-state index < -0.39 is 0 Å². The number of rotatable bonds is 4. The fraction of sp³-hybridized carbons (Fsp3) is 0.500. The van der Waals surface area contributed by atoms with Crippen LogP contribution in [-0.2, 0) is 0 Å². The topological polar surface area (TPSA) is 70.7 Å². The van der Waals surface area contributed by atoms with Gasteiger partial charge in [-0.2, -0.15) is 0 Å². The van der Waals surface area contributed by atoms with Gasteiger partial charge < -0.3 is 16.0 Å². The van der Waals surface area contributed by atoms with Crippen molar-refractivity contribution in [2.75, 3.05) is 26.2 Å². The zero-order valence-corrected chi connectivity index (χ0v) is 13.6. The Hall–Kier alpha value is -1.75. The van der Waals surface area contributed by atoms with E-state index in [1.165, 1.54) is 0 Å². The Morgan fingerprint density at radius 2 is 2.09 bits per heavy atom. The van der Waals surface area contributed by atoms with Gasteiger partial charge in [-0.05, 0) is 30.9 Å². The summed E-state index contributed by atoms with van der Waals surface area (Å²) in [5.41, 5.74) is 6.47. The van der Waals surface area contributed by atoms with E-state index in [0.29, 0.717) is 29.6 Å². The van der Waals surface area contributed by atoms with Crippen molar-refractivity contribution < 1.29 is 4.79 Å². The van der Waals surface area contributed by atoms with Crippen LogP contribution in [0.1, 0.15) is 30.1 Å². The molecule has 1 saturated heterocycles. The summed E-state index contributed by atoms with van der Waals surface area (Å²) in [7, 11) is 0. The maximum Gasteiger partial charge on any atom is 0.252 e. The molecule has 1 amide bonds. The quantitative estimate of drug-likeness (QED) is 0.507. The number of hydrogen-bond donors (Lipinski definition) is 2. The molecule has 0 atom stereocenters. The molecule has 1 heterocycles. The van der Waals surface area contributed by atoms with Gasteiger partial charge in [-0.15, -0.1) is 0 Å². The van der Waals surface area contributed by atoms with Gasteiger partial charge in [0.2, 0.25) is 0 Å². The molecule has 120 valence electrons. The molecule has 22 heavy (non-hydrogen) atoms. The van der Waals surface area contributed by atoms with Crippen LogP contribution in [0.4, 0.5) is 0 Å². The molecule has 1 aromatic carbocycles. The van der Waals surface area contributed by atoms with Crippen LogP contribution < -0.4 is 11.1 Å². The van der Waals surface area contributed by atoms with Gasteiger partial charge in [-0.25, -0.2) is 0 Å². The maximum atomic E-state index is 12.0. The molecular weight excluding hydrogens is 300 g/mol. The Morgan fingerprint density at radius 1 is 1.41 bits per heavy atom.